The molecule has 0 unspecified atom stereocenters. The van der Waals surface area contributed by atoms with E-state index < -0.39 is 5.41 Å². The smallest absolute Gasteiger partial charge is 0.253 e. The van der Waals surface area contributed by atoms with Crippen molar-refractivity contribution in [3.63, 3.8) is 0 Å². The van der Waals surface area contributed by atoms with E-state index >= 15 is 0 Å². The maximum atomic E-state index is 12.7. The first kappa shape index (κ1) is 23.5. The van der Waals surface area contributed by atoms with Crippen LogP contribution in [0.4, 0.5) is 11.4 Å². The van der Waals surface area contributed by atoms with Crippen LogP contribution in [-0.2, 0) is 4.79 Å². The standard InChI is InChI=1S/C24H30N4O3S/c1-24(2,3)22(30)26-23(32)25-18-7-9-19(10-8-18)27-13-15-28(16-14-27)21(29)17-5-11-20(31-4)12-6-17/h5-12H,13-16H2,1-4H3,(H2,25,26,30,32). The van der Waals surface area contributed by atoms with Gasteiger partial charge in [-0.15, -0.1) is 0 Å². The van der Waals surface area contributed by atoms with Gasteiger partial charge in [0.25, 0.3) is 5.91 Å². The molecule has 1 aliphatic rings. The van der Waals surface area contributed by atoms with Crippen molar-refractivity contribution in [3.05, 3.63) is 54.1 Å². The number of hydrogen-bond donors (Lipinski definition) is 2. The van der Waals surface area contributed by atoms with Crippen molar-refractivity contribution < 1.29 is 14.3 Å². The first-order valence-corrected chi connectivity index (χ1v) is 11.0. The number of anilines is 2. The fourth-order valence-electron chi connectivity index (χ4n) is 3.29. The van der Waals surface area contributed by atoms with E-state index in [0.29, 0.717) is 18.7 Å². The number of ether oxygens (including phenoxy) is 1. The zero-order valence-electron chi connectivity index (χ0n) is 19.0. The summed E-state index contributed by atoms with van der Waals surface area (Å²) in [6.45, 7) is 8.35. The minimum atomic E-state index is -0.507. The third kappa shape index (κ3) is 5.97. The molecule has 170 valence electrons. The van der Waals surface area contributed by atoms with Gasteiger partial charge in [0.2, 0.25) is 5.91 Å². The second-order valence-electron chi connectivity index (χ2n) is 8.71. The van der Waals surface area contributed by atoms with Crippen LogP contribution in [-0.4, -0.2) is 55.1 Å². The summed E-state index contributed by atoms with van der Waals surface area (Å²) in [5.74, 6) is 0.646. The molecule has 2 aromatic carbocycles. The SMILES string of the molecule is COc1ccc(C(=O)N2CCN(c3ccc(NC(=S)NC(=O)C(C)(C)C)cc3)CC2)cc1. The molecule has 2 aromatic rings. The Morgan fingerprint density at radius 1 is 0.938 bits per heavy atom. The maximum absolute atomic E-state index is 12.7. The molecule has 0 bridgehead atoms. The number of thiocarbonyl (C=S) groups is 1. The molecule has 0 aliphatic carbocycles. The number of hydrogen-bond acceptors (Lipinski definition) is 5. The fourth-order valence-corrected chi connectivity index (χ4v) is 3.50. The summed E-state index contributed by atoms with van der Waals surface area (Å²) < 4.78 is 5.16. The number of methoxy groups -OCH3 is 1. The van der Waals surface area contributed by atoms with Gasteiger partial charge < -0.3 is 25.2 Å². The van der Waals surface area contributed by atoms with Gasteiger partial charge in [0.1, 0.15) is 5.75 Å². The van der Waals surface area contributed by atoms with Crippen molar-refractivity contribution in [2.75, 3.05) is 43.5 Å². The maximum Gasteiger partial charge on any atom is 0.253 e. The van der Waals surface area contributed by atoms with Crippen molar-refractivity contribution in [2.45, 2.75) is 20.8 Å². The van der Waals surface area contributed by atoms with Crippen LogP contribution in [0.15, 0.2) is 48.5 Å². The highest BCUT2D eigenvalue weighted by atomic mass is 32.1. The highest BCUT2D eigenvalue weighted by Crippen LogP contribution is 2.21. The zero-order valence-corrected chi connectivity index (χ0v) is 19.8. The Morgan fingerprint density at radius 2 is 1.53 bits per heavy atom. The summed E-state index contributed by atoms with van der Waals surface area (Å²) in [6, 6.07) is 15.1. The Labute approximate surface area is 194 Å². The number of piperazine rings is 1. The van der Waals surface area contributed by atoms with Crippen LogP contribution in [0.25, 0.3) is 0 Å². The van der Waals surface area contributed by atoms with Gasteiger partial charge >= 0.3 is 0 Å². The normalized spacial score (nSPS) is 14.0. The first-order chi connectivity index (χ1) is 15.2. The van der Waals surface area contributed by atoms with E-state index in [4.69, 9.17) is 17.0 Å². The molecule has 2 amide bonds. The molecule has 0 spiro atoms. The lowest BCUT2D eigenvalue weighted by molar-refractivity contribution is -0.126. The minimum Gasteiger partial charge on any atom is -0.497 e. The zero-order chi connectivity index (χ0) is 23.3. The molecule has 0 aromatic heterocycles. The van der Waals surface area contributed by atoms with Gasteiger partial charge in [-0.1, -0.05) is 20.8 Å². The molecular formula is C24H30N4O3S. The van der Waals surface area contributed by atoms with Crippen LogP contribution in [0.2, 0.25) is 0 Å². The molecule has 8 heteroatoms. The third-order valence-electron chi connectivity index (χ3n) is 5.30. The Hall–Kier alpha value is -3.13. The average Bonchev–Trinajstić information content (AvgIpc) is 2.78. The highest BCUT2D eigenvalue weighted by Gasteiger charge is 2.23. The van der Waals surface area contributed by atoms with E-state index in [1.165, 1.54) is 0 Å². The topological polar surface area (TPSA) is 73.9 Å². The molecule has 2 N–H and O–H groups in total. The Balaban J connectivity index is 1.51. The van der Waals surface area contributed by atoms with E-state index in [9.17, 15) is 9.59 Å². The molecule has 0 atom stereocenters. The van der Waals surface area contributed by atoms with E-state index in [1.807, 2.05) is 49.9 Å². The quantitative estimate of drug-likeness (QED) is 0.689. The molecule has 1 heterocycles. The predicted molar refractivity (Wildman–Crippen MR) is 131 cm³/mol. The summed E-state index contributed by atoms with van der Waals surface area (Å²) in [6.07, 6.45) is 0. The van der Waals surface area contributed by atoms with E-state index in [2.05, 4.69) is 15.5 Å². The minimum absolute atomic E-state index is 0.0395. The monoisotopic (exact) mass is 454 g/mol. The van der Waals surface area contributed by atoms with E-state index in [1.54, 1.807) is 31.4 Å². The number of nitrogens with zero attached hydrogens (tertiary/aromatic N) is 2. The number of amides is 2. The summed E-state index contributed by atoms with van der Waals surface area (Å²) in [7, 11) is 1.61. The summed E-state index contributed by atoms with van der Waals surface area (Å²) >= 11 is 5.23. The van der Waals surface area contributed by atoms with Crippen molar-refractivity contribution in [1.29, 1.82) is 0 Å². The number of benzene rings is 2. The molecular weight excluding hydrogens is 424 g/mol. The van der Waals surface area contributed by atoms with E-state index in [-0.39, 0.29) is 16.9 Å². The van der Waals surface area contributed by atoms with Crippen LogP contribution in [0, 0.1) is 5.41 Å². The molecule has 7 nitrogen and oxygen atoms in total. The number of carbonyl (C=O) groups excluding carboxylic acids is 2. The molecule has 1 aliphatic heterocycles. The third-order valence-corrected chi connectivity index (χ3v) is 5.51. The van der Waals surface area contributed by atoms with Gasteiger partial charge in [-0.2, -0.15) is 0 Å². The van der Waals surface area contributed by atoms with Crippen LogP contribution in [0.5, 0.6) is 5.75 Å². The lowest BCUT2D eigenvalue weighted by Crippen LogP contribution is -2.48. The predicted octanol–water partition coefficient (Wildman–Crippen LogP) is 3.52. The Morgan fingerprint density at radius 3 is 2.06 bits per heavy atom. The molecule has 0 radical (unpaired) electrons. The second kappa shape index (κ2) is 9.99. The van der Waals surface area contributed by atoms with Gasteiger partial charge in [0.15, 0.2) is 5.11 Å². The van der Waals surface area contributed by atoms with Gasteiger partial charge in [0.05, 0.1) is 7.11 Å². The molecule has 0 saturated carbocycles. The molecule has 32 heavy (non-hydrogen) atoms. The molecule has 3 rings (SSSR count). The Bertz CT molecular complexity index is 960. The van der Waals surface area contributed by atoms with Gasteiger partial charge in [0, 0.05) is 48.5 Å². The highest BCUT2D eigenvalue weighted by molar-refractivity contribution is 7.80. The second-order valence-corrected chi connectivity index (χ2v) is 9.12. The van der Waals surface area contributed by atoms with Crippen molar-refractivity contribution in [2.24, 2.45) is 5.41 Å². The average molecular weight is 455 g/mol. The largest absolute Gasteiger partial charge is 0.497 e. The van der Waals surface area contributed by atoms with Crippen molar-refractivity contribution >= 4 is 40.5 Å². The van der Waals surface area contributed by atoms with Gasteiger partial charge in [-0.25, -0.2) is 0 Å². The summed E-state index contributed by atoms with van der Waals surface area (Å²) in [4.78, 5) is 28.9. The molecule has 1 saturated heterocycles. The molecule has 1 fully saturated rings. The Kier molecular flexibility index (Phi) is 7.35. The summed E-state index contributed by atoms with van der Waals surface area (Å²) in [5, 5.41) is 6.03. The van der Waals surface area contributed by atoms with Crippen LogP contribution < -0.4 is 20.3 Å². The fraction of sp³-hybridized carbons (Fsp3) is 0.375. The lowest BCUT2D eigenvalue weighted by Gasteiger charge is -2.36. The number of carbonyl (C=O) groups is 2. The van der Waals surface area contributed by atoms with Crippen molar-refractivity contribution in [3.8, 4) is 5.75 Å². The van der Waals surface area contributed by atoms with Crippen LogP contribution >= 0.6 is 12.2 Å². The van der Waals surface area contributed by atoms with Gasteiger partial charge in [-0.3, -0.25) is 9.59 Å². The van der Waals surface area contributed by atoms with Crippen molar-refractivity contribution in [1.82, 2.24) is 10.2 Å². The van der Waals surface area contributed by atoms with Crippen LogP contribution in [0.3, 0.4) is 0 Å². The summed E-state index contributed by atoms with van der Waals surface area (Å²) in [5.41, 5.74) is 2.05. The lowest BCUT2D eigenvalue weighted by atomic mass is 9.96. The van der Waals surface area contributed by atoms with E-state index in [0.717, 1.165) is 30.2 Å². The number of rotatable bonds is 4. The van der Waals surface area contributed by atoms with Crippen LogP contribution in [0.1, 0.15) is 31.1 Å². The first-order valence-electron chi connectivity index (χ1n) is 10.6. The number of nitrogens with one attached hydrogen (secondary N) is 2. The van der Waals surface area contributed by atoms with Gasteiger partial charge in [-0.05, 0) is 60.7 Å².